The van der Waals surface area contributed by atoms with E-state index >= 15 is 0 Å². The van der Waals surface area contributed by atoms with Crippen LogP contribution in [0.25, 0.3) is 11.0 Å². The summed E-state index contributed by atoms with van der Waals surface area (Å²) >= 11 is 0. The molecule has 7 nitrogen and oxygen atoms in total. The normalized spacial score (nSPS) is 14.3. The van der Waals surface area contributed by atoms with Gasteiger partial charge in [-0.25, -0.2) is 18.0 Å². The first-order valence-electron chi connectivity index (χ1n) is 11.1. The van der Waals surface area contributed by atoms with Crippen molar-refractivity contribution in [2.75, 3.05) is 0 Å². The molecular formula is C25H27NO6S. The third kappa shape index (κ3) is 4.72. The molecule has 0 spiro atoms. The summed E-state index contributed by atoms with van der Waals surface area (Å²) in [6, 6.07) is 8.83. The molecule has 0 amide bonds. The number of nitrogens with one attached hydrogen (secondary N) is 1. The molecule has 33 heavy (non-hydrogen) atoms. The molecule has 174 valence electrons. The van der Waals surface area contributed by atoms with E-state index in [1.165, 1.54) is 12.1 Å². The second-order valence-electron chi connectivity index (χ2n) is 8.53. The summed E-state index contributed by atoms with van der Waals surface area (Å²) in [5.74, 6) is -0.412. The van der Waals surface area contributed by atoms with Crippen LogP contribution in [0.3, 0.4) is 0 Å². The number of sulfonamides is 1. The first kappa shape index (κ1) is 23.2. The molecule has 0 bridgehead atoms. The molecular weight excluding hydrogens is 442 g/mol. The molecule has 1 N–H and O–H groups in total. The van der Waals surface area contributed by atoms with Gasteiger partial charge in [0, 0.05) is 5.56 Å². The zero-order chi connectivity index (χ0) is 23.8. The van der Waals surface area contributed by atoms with E-state index in [2.05, 4.69) is 4.72 Å². The third-order valence-electron chi connectivity index (χ3n) is 5.88. The van der Waals surface area contributed by atoms with Crippen molar-refractivity contribution in [3.8, 4) is 5.75 Å². The maximum absolute atomic E-state index is 13.1. The molecule has 0 fully saturated rings. The first-order chi connectivity index (χ1) is 15.7. The predicted molar refractivity (Wildman–Crippen MR) is 125 cm³/mol. The molecule has 0 radical (unpaired) electrons. The highest BCUT2D eigenvalue weighted by molar-refractivity contribution is 7.89. The molecule has 1 atom stereocenters. The fourth-order valence-electron chi connectivity index (χ4n) is 4.25. The summed E-state index contributed by atoms with van der Waals surface area (Å²) in [6.45, 7) is 5.55. The number of benzene rings is 2. The number of hydrogen-bond acceptors (Lipinski definition) is 6. The van der Waals surface area contributed by atoms with Crippen LogP contribution in [-0.2, 0) is 27.7 Å². The van der Waals surface area contributed by atoms with Gasteiger partial charge in [-0.2, -0.15) is 4.72 Å². The van der Waals surface area contributed by atoms with Crippen LogP contribution in [-0.4, -0.2) is 20.4 Å². The summed E-state index contributed by atoms with van der Waals surface area (Å²) in [5.41, 5.74) is 3.18. The van der Waals surface area contributed by atoms with E-state index in [0.29, 0.717) is 35.8 Å². The van der Waals surface area contributed by atoms with Gasteiger partial charge in [0.05, 0.1) is 10.3 Å². The Morgan fingerprint density at radius 2 is 1.79 bits per heavy atom. The van der Waals surface area contributed by atoms with Crippen LogP contribution in [0.4, 0.5) is 0 Å². The fourth-order valence-corrected chi connectivity index (χ4v) is 5.47. The van der Waals surface area contributed by atoms with Gasteiger partial charge in [-0.3, -0.25) is 0 Å². The maximum atomic E-state index is 13.1. The van der Waals surface area contributed by atoms with Gasteiger partial charge in [0.2, 0.25) is 10.0 Å². The zero-order valence-corrected chi connectivity index (χ0v) is 19.8. The van der Waals surface area contributed by atoms with Crippen LogP contribution in [0.5, 0.6) is 5.75 Å². The van der Waals surface area contributed by atoms with Crippen molar-refractivity contribution in [3.63, 3.8) is 0 Å². The molecule has 1 unspecified atom stereocenters. The van der Waals surface area contributed by atoms with Gasteiger partial charge < -0.3 is 9.15 Å². The summed E-state index contributed by atoms with van der Waals surface area (Å²) in [6.07, 6.45) is 3.01. The molecule has 0 aliphatic heterocycles. The fraction of sp³-hybridized carbons (Fsp3) is 0.360. The van der Waals surface area contributed by atoms with Crippen molar-refractivity contribution in [1.29, 1.82) is 0 Å². The van der Waals surface area contributed by atoms with Crippen molar-refractivity contribution in [1.82, 2.24) is 4.72 Å². The van der Waals surface area contributed by atoms with Crippen LogP contribution >= 0.6 is 0 Å². The molecule has 0 saturated carbocycles. The minimum Gasteiger partial charge on any atom is -0.425 e. The van der Waals surface area contributed by atoms with E-state index in [4.69, 9.17) is 9.15 Å². The number of carbonyl (C=O) groups excluding carboxylic acids is 1. The van der Waals surface area contributed by atoms with E-state index < -0.39 is 22.0 Å². The summed E-state index contributed by atoms with van der Waals surface area (Å²) in [4.78, 5) is 25.6. The monoisotopic (exact) mass is 469 g/mol. The molecule has 1 aliphatic carbocycles. The van der Waals surface area contributed by atoms with Crippen molar-refractivity contribution < 1.29 is 22.4 Å². The quantitative estimate of drug-likeness (QED) is 0.319. The molecule has 0 saturated heterocycles. The smallest absolute Gasteiger partial charge is 0.339 e. The minimum atomic E-state index is -3.91. The average Bonchev–Trinajstić information content (AvgIpc) is 3.23. The van der Waals surface area contributed by atoms with Crippen LogP contribution in [0.1, 0.15) is 48.4 Å². The largest absolute Gasteiger partial charge is 0.425 e. The van der Waals surface area contributed by atoms with E-state index in [1.54, 1.807) is 24.3 Å². The van der Waals surface area contributed by atoms with Crippen molar-refractivity contribution >= 4 is 27.0 Å². The number of ether oxygens (including phenoxy) is 1. The second-order valence-corrected chi connectivity index (χ2v) is 10.2. The Labute approximate surface area is 192 Å². The third-order valence-corrected chi connectivity index (χ3v) is 7.37. The Kier molecular flexibility index (Phi) is 6.41. The number of aryl methyl sites for hydroxylation is 3. The summed E-state index contributed by atoms with van der Waals surface area (Å²) in [5, 5.41) is 0.609. The van der Waals surface area contributed by atoms with Crippen LogP contribution in [0, 0.1) is 13.8 Å². The topological polar surface area (TPSA) is 103 Å². The molecule has 8 heteroatoms. The number of fused-ring (bicyclic) bond motifs is 3. The standard InChI is InChI=1S/C25H27NO6S/c1-4-6-20(26-33(29,30)17-11-9-15(2)10-12-17)25(28)32-22-14-16(3)13-21-23(22)18-7-5-8-19(18)24(27)31-21/h9-14,20,26H,4-8H2,1-3H3. The Balaban J connectivity index is 1.68. The van der Waals surface area contributed by atoms with Crippen molar-refractivity contribution in [2.24, 2.45) is 0 Å². The lowest BCUT2D eigenvalue weighted by Gasteiger charge is -2.18. The Hall–Kier alpha value is -2.97. The highest BCUT2D eigenvalue weighted by Gasteiger charge is 2.29. The SMILES string of the molecule is CCCC(NS(=O)(=O)c1ccc(C)cc1)C(=O)Oc1cc(C)cc2oc(=O)c3c(c12)CCC3. The molecule has 1 heterocycles. The van der Waals surface area contributed by atoms with Gasteiger partial charge in [-0.05, 0) is 74.9 Å². The average molecular weight is 470 g/mol. The lowest BCUT2D eigenvalue weighted by Crippen LogP contribution is -2.42. The lowest BCUT2D eigenvalue weighted by molar-refractivity contribution is -0.136. The number of rotatable bonds is 7. The van der Waals surface area contributed by atoms with Gasteiger partial charge in [-0.15, -0.1) is 0 Å². The minimum absolute atomic E-state index is 0.0857. The molecule has 4 rings (SSSR count). The number of esters is 1. The Morgan fingerprint density at radius 3 is 2.48 bits per heavy atom. The molecule has 3 aromatic rings. The van der Waals surface area contributed by atoms with Crippen molar-refractivity contribution in [3.05, 3.63) is 69.1 Å². The van der Waals surface area contributed by atoms with E-state index in [9.17, 15) is 18.0 Å². The van der Waals surface area contributed by atoms with Gasteiger partial charge in [0.15, 0.2) is 0 Å². The summed E-state index contributed by atoms with van der Waals surface area (Å²) in [7, 11) is -3.91. The number of hydrogen-bond donors (Lipinski definition) is 1. The Morgan fingerprint density at radius 1 is 1.09 bits per heavy atom. The molecule has 1 aliphatic rings. The van der Waals surface area contributed by atoms with Gasteiger partial charge in [0.25, 0.3) is 0 Å². The second kappa shape index (κ2) is 9.11. The van der Waals surface area contributed by atoms with Gasteiger partial charge in [-0.1, -0.05) is 31.0 Å². The molecule has 1 aromatic heterocycles. The first-order valence-corrected chi connectivity index (χ1v) is 12.6. The lowest BCUT2D eigenvalue weighted by atomic mass is 10.0. The van der Waals surface area contributed by atoms with Gasteiger partial charge >= 0.3 is 11.6 Å². The highest BCUT2D eigenvalue weighted by atomic mass is 32.2. The summed E-state index contributed by atoms with van der Waals surface area (Å²) < 4.78 is 39.5. The van der Waals surface area contributed by atoms with Gasteiger partial charge in [0.1, 0.15) is 17.4 Å². The van der Waals surface area contributed by atoms with Crippen LogP contribution in [0.15, 0.2) is 50.5 Å². The maximum Gasteiger partial charge on any atom is 0.339 e. The van der Waals surface area contributed by atoms with Crippen molar-refractivity contribution in [2.45, 2.75) is 63.8 Å². The number of carbonyl (C=O) groups is 1. The molecule has 2 aromatic carbocycles. The van der Waals surface area contributed by atoms with Crippen LogP contribution in [0.2, 0.25) is 0 Å². The predicted octanol–water partition coefficient (Wildman–Crippen LogP) is 3.95. The van der Waals surface area contributed by atoms with Crippen LogP contribution < -0.4 is 15.1 Å². The Bertz CT molecular complexity index is 1370. The van der Waals surface area contributed by atoms with E-state index in [1.807, 2.05) is 20.8 Å². The highest BCUT2D eigenvalue weighted by Crippen LogP contribution is 2.35. The zero-order valence-electron chi connectivity index (χ0n) is 18.9. The van der Waals surface area contributed by atoms with E-state index in [0.717, 1.165) is 23.1 Å². The van der Waals surface area contributed by atoms with E-state index in [-0.39, 0.29) is 22.7 Å².